The first-order chi connectivity index (χ1) is 13.9. The highest BCUT2D eigenvalue weighted by Gasteiger charge is 2.14. The van der Waals surface area contributed by atoms with Crippen LogP contribution in [-0.2, 0) is 4.79 Å². The Morgan fingerprint density at radius 2 is 1.83 bits per heavy atom. The number of thioether (sulfide) groups is 1. The van der Waals surface area contributed by atoms with Crippen LogP contribution in [0.15, 0.2) is 52.1 Å². The van der Waals surface area contributed by atoms with E-state index in [-0.39, 0.29) is 11.7 Å². The Morgan fingerprint density at radius 3 is 2.52 bits per heavy atom. The number of hydrogen-bond donors (Lipinski definition) is 0. The van der Waals surface area contributed by atoms with E-state index >= 15 is 0 Å². The summed E-state index contributed by atoms with van der Waals surface area (Å²) in [7, 11) is 1.74. The smallest absolute Gasteiger partial charge is 0.277 e. The quantitative estimate of drug-likeness (QED) is 0.484. The fourth-order valence-corrected chi connectivity index (χ4v) is 3.50. The molecular formula is C21H22ClN3O3S. The average molecular weight is 432 g/mol. The van der Waals surface area contributed by atoms with Gasteiger partial charge in [-0.05, 0) is 50.2 Å². The molecule has 0 aliphatic rings. The van der Waals surface area contributed by atoms with Crippen molar-refractivity contribution in [2.75, 3.05) is 26.0 Å². The van der Waals surface area contributed by atoms with E-state index in [1.807, 2.05) is 26.0 Å². The lowest BCUT2D eigenvalue weighted by molar-refractivity contribution is -0.127. The van der Waals surface area contributed by atoms with Gasteiger partial charge in [0.15, 0.2) is 0 Å². The molecule has 0 N–H and O–H groups in total. The zero-order valence-electron chi connectivity index (χ0n) is 16.5. The Balaban J connectivity index is 1.46. The van der Waals surface area contributed by atoms with E-state index < -0.39 is 0 Å². The Kier molecular flexibility index (Phi) is 7.17. The molecule has 152 valence electrons. The van der Waals surface area contributed by atoms with Gasteiger partial charge in [-0.15, -0.1) is 10.2 Å². The number of halogens is 1. The Bertz CT molecular complexity index is 955. The van der Waals surface area contributed by atoms with Gasteiger partial charge in [-0.3, -0.25) is 4.79 Å². The van der Waals surface area contributed by atoms with Gasteiger partial charge in [0.05, 0.1) is 12.3 Å². The minimum Gasteiger partial charge on any atom is -0.492 e. The maximum Gasteiger partial charge on any atom is 0.277 e. The molecule has 0 aliphatic heterocycles. The molecule has 6 nitrogen and oxygen atoms in total. The molecule has 0 spiro atoms. The topological polar surface area (TPSA) is 68.5 Å². The summed E-state index contributed by atoms with van der Waals surface area (Å²) < 4.78 is 11.3. The molecule has 0 saturated heterocycles. The molecule has 1 amide bonds. The zero-order chi connectivity index (χ0) is 20.8. The number of aromatic nitrogens is 2. The monoisotopic (exact) mass is 431 g/mol. The van der Waals surface area contributed by atoms with E-state index in [0.29, 0.717) is 29.3 Å². The van der Waals surface area contributed by atoms with Crippen LogP contribution in [0.3, 0.4) is 0 Å². The van der Waals surface area contributed by atoms with Gasteiger partial charge in [-0.25, -0.2) is 0 Å². The molecule has 0 saturated carbocycles. The van der Waals surface area contributed by atoms with Crippen LogP contribution in [-0.4, -0.2) is 47.0 Å². The lowest BCUT2D eigenvalue weighted by atomic mass is 10.1. The van der Waals surface area contributed by atoms with Crippen molar-refractivity contribution in [3.8, 4) is 17.2 Å². The second-order valence-electron chi connectivity index (χ2n) is 6.66. The Morgan fingerprint density at radius 1 is 1.14 bits per heavy atom. The summed E-state index contributed by atoms with van der Waals surface area (Å²) in [4.78, 5) is 13.9. The number of ether oxygens (including phenoxy) is 1. The third-order valence-electron chi connectivity index (χ3n) is 4.13. The van der Waals surface area contributed by atoms with Crippen LogP contribution in [0.2, 0.25) is 5.02 Å². The van der Waals surface area contributed by atoms with Gasteiger partial charge in [0, 0.05) is 17.6 Å². The SMILES string of the molecule is Cc1cc(C)cc(-c2nnc(SCC(=O)N(C)CCOc3ccc(Cl)cc3)o2)c1. The predicted molar refractivity (Wildman–Crippen MR) is 115 cm³/mol. The van der Waals surface area contributed by atoms with E-state index in [1.165, 1.54) is 11.8 Å². The van der Waals surface area contributed by atoms with Crippen LogP contribution < -0.4 is 4.74 Å². The second-order valence-corrected chi connectivity index (χ2v) is 8.02. The number of nitrogens with zero attached hydrogens (tertiary/aromatic N) is 3. The second kappa shape index (κ2) is 9.80. The fourth-order valence-electron chi connectivity index (χ4n) is 2.67. The number of amides is 1. The molecular weight excluding hydrogens is 410 g/mol. The number of likely N-dealkylation sites (N-methyl/N-ethyl adjacent to an activating group) is 1. The highest BCUT2D eigenvalue weighted by Crippen LogP contribution is 2.25. The van der Waals surface area contributed by atoms with Crippen LogP contribution in [0.4, 0.5) is 0 Å². The van der Waals surface area contributed by atoms with Crippen molar-refractivity contribution >= 4 is 29.3 Å². The standard InChI is InChI=1S/C21H22ClN3O3S/c1-14-10-15(2)12-16(11-14)20-23-24-21(28-20)29-13-19(26)25(3)8-9-27-18-6-4-17(22)5-7-18/h4-7,10-12H,8-9,13H2,1-3H3. The van der Waals surface area contributed by atoms with E-state index in [0.717, 1.165) is 22.4 Å². The molecule has 3 rings (SSSR count). The number of carbonyl (C=O) groups is 1. The third-order valence-corrected chi connectivity index (χ3v) is 5.18. The summed E-state index contributed by atoms with van der Waals surface area (Å²) >= 11 is 7.07. The minimum atomic E-state index is -0.0409. The third kappa shape index (κ3) is 6.24. The van der Waals surface area contributed by atoms with Crippen molar-refractivity contribution in [3.05, 3.63) is 58.6 Å². The van der Waals surface area contributed by atoms with Crippen LogP contribution in [0.5, 0.6) is 5.75 Å². The molecule has 0 atom stereocenters. The van der Waals surface area contributed by atoms with Gasteiger partial charge in [0.1, 0.15) is 12.4 Å². The van der Waals surface area contributed by atoms with Crippen molar-refractivity contribution < 1.29 is 13.9 Å². The molecule has 0 fully saturated rings. The van der Waals surface area contributed by atoms with Crippen LogP contribution in [0.1, 0.15) is 11.1 Å². The highest BCUT2D eigenvalue weighted by molar-refractivity contribution is 7.99. The van der Waals surface area contributed by atoms with Crippen molar-refractivity contribution in [2.24, 2.45) is 0 Å². The summed E-state index contributed by atoms with van der Waals surface area (Å²) in [5, 5.41) is 9.15. The molecule has 8 heteroatoms. The molecule has 0 aliphatic carbocycles. The molecule has 0 bridgehead atoms. The van der Waals surface area contributed by atoms with Gasteiger partial charge >= 0.3 is 0 Å². The van der Waals surface area contributed by atoms with Crippen molar-refractivity contribution in [1.82, 2.24) is 15.1 Å². The average Bonchev–Trinajstić information content (AvgIpc) is 3.16. The summed E-state index contributed by atoms with van der Waals surface area (Å²) in [6.07, 6.45) is 0. The predicted octanol–water partition coefficient (Wildman–Crippen LogP) is 4.64. The maximum atomic E-state index is 12.3. The molecule has 1 heterocycles. The van der Waals surface area contributed by atoms with Crippen molar-refractivity contribution in [3.63, 3.8) is 0 Å². The highest BCUT2D eigenvalue weighted by atomic mass is 35.5. The summed E-state index contributed by atoms with van der Waals surface area (Å²) in [6, 6.07) is 13.2. The first-order valence-electron chi connectivity index (χ1n) is 9.08. The van der Waals surface area contributed by atoms with Gasteiger partial charge in [0.25, 0.3) is 5.22 Å². The maximum absolute atomic E-state index is 12.3. The first-order valence-corrected chi connectivity index (χ1v) is 10.4. The van der Waals surface area contributed by atoms with Crippen molar-refractivity contribution in [2.45, 2.75) is 19.1 Å². The van der Waals surface area contributed by atoms with Crippen LogP contribution in [0, 0.1) is 13.8 Å². The Hall–Kier alpha value is -2.51. The number of hydrogen-bond acceptors (Lipinski definition) is 6. The summed E-state index contributed by atoms with van der Waals surface area (Å²) in [5.41, 5.74) is 3.14. The zero-order valence-corrected chi connectivity index (χ0v) is 18.1. The molecule has 2 aromatic carbocycles. The fraction of sp³-hybridized carbons (Fsp3) is 0.286. The van der Waals surface area contributed by atoms with Crippen molar-refractivity contribution in [1.29, 1.82) is 0 Å². The summed E-state index contributed by atoms with van der Waals surface area (Å²) in [6.45, 7) is 4.91. The lowest BCUT2D eigenvalue weighted by Gasteiger charge is -2.16. The van der Waals surface area contributed by atoms with Crippen LogP contribution in [0.25, 0.3) is 11.5 Å². The molecule has 0 radical (unpaired) electrons. The van der Waals surface area contributed by atoms with Gasteiger partial charge < -0.3 is 14.1 Å². The lowest BCUT2D eigenvalue weighted by Crippen LogP contribution is -2.32. The number of aryl methyl sites for hydroxylation is 2. The van der Waals surface area contributed by atoms with Gasteiger partial charge in [-0.2, -0.15) is 0 Å². The normalized spacial score (nSPS) is 10.8. The molecule has 0 unspecified atom stereocenters. The van der Waals surface area contributed by atoms with E-state index in [2.05, 4.69) is 16.3 Å². The first kappa shape index (κ1) is 21.2. The number of carbonyl (C=O) groups excluding carboxylic acids is 1. The van der Waals surface area contributed by atoms with E-state index in [9.17, 15) is 4.79 Å². The van der Waals surface area contributed by atoms with E-state index in [4.69, 9.17) is 20.8 Å². The summed E-state index contributed by atoms with van der Waals surface area (Å²) in [5.74, 6) is 1.35. The molecule has 1 aromatic heterocycles. The number of rotatable bonds is 8. The van der Waals surface area contributed by atoms with Crippen LogP contribution >= 0.6 is 23.4 Å². The molecule has 29 heavy (non-hydrogen) atoms. The van der Waals surface area contributed by atoms with Gasteiger partial charge in [0.2, 0.25) is 11.8 Å². The van der Waals surface area contributed by atoms with E-state index in [1.54, 1.807) is 36.2 Å². The largest absolute Gasteiger partial charge is 0.492 e. The Labute approximate surface area is 179 Å². The molecule has 3 aromatic rings. The minimum absolute atomic E-state index is 0.0409. The van der Waals surface area contributed by atoms with Gasteiger partial charge in [-0.1, -0.05) is 40.6 Å². The number of benzene rings is 2.